The summed E-state index contributed by atoms with van der Waals surface area (Å²) in [5.74, 6) is 3.46. The van der Waals surface area contributed by atoms with Crippen LogP contribution in [0.1, 0.15) is 0 Å². The van der Waals surface area contributed by atoms with Gasteiger partial charge in [0.25, 0.3) is 0 Å². The Hall–Kier alpha value is -6.66. The molecule has 6 aromatic carbocycles. The Morgan fingerprint density at radius 1 is 0.426 bits per heavy atom. The molecule has 0 bridgehead atoms. The molecule has 0 fully saturated rings. The molecule has 0 saturated heterocycles. The van der Waals surface area contributed by atoms with Gasteiger partial charge in [-0.25, -0.2) is 15.0 Å². The van der Waals surface area contributed by atoms with Crippen molar-refractivity contribution in [3.05, 3.63) is 189 Å². The summed E-state index contributed by atoms with van der Waals surface area (Å²) in [6.45, 7) is -0.0485. The van der Waals surface area contributed by atoms with Gasteiger partial charge in [-0.3, -0.25) is 4.98 Å². The Morgan fingerprint density at radius 3 is 1.66 bits per heavy atom. The fourth-order valence-corrected chi connectivity index (χ4v) is 8.46. The van der Waals surface area contributed by atoms with Crippen molar-refractivity contribution in [2.24, 2.45) is 0 Å². The molecular formula is C50H27BN6O2Pt2. The first-order valence-electron chi connectivity index (χ1n) is 19.2. The molecular weight excluding hydrogens is 1120 g/mol. The van der Waals surface area contributed by atoms with Crippen LogP contribution in [0.15, 0.2) is 164 Å². The molecule has 1 aliphatic heterocycles. The van der Waals surface area contributed by atoms with E-state index in [1.165, 1.54) is 11.0 Å². The number of benzene rings is 6. The van der Waals surface area contributed by atoms with E-state index in [0.717, 1.165) is 66.0 Å². The first-order chi connectivity index (χ1) is 29.2. The van der Waals surface area contributed by atoms with Crippen LogP contribution in [0, 0.1) is 24.3 Å². The van der Waals surface area contributed by atoms with Crippen LogP contribution in [0.25, 0.3) is 66.5 Å². The molecule has 0 saturated carbocycles. The van der Waals surface area contributed by atoms with Crippen LogP contribution in [0.3, 0.4) is 0 Å². The summed E-state index contributed by atoms with van der Waals surface area (Å²) in [6.07, 6.45) is 7.08. The van der Waals surface area contributed by atoms with E-state index in [4.69, 9.17) is 14.5 Å². The second-order valence-corrected chi connectivity index (χ2v) is 14.3. The number of fused-ring (bicyclic) bond motifs is 9. The van der Waals surface area contributed by atoms with E-state index in [9.17, 15) is 0 Å². The maximum absolute atomic E-state index is 6.55. The van der Waals surface area contributed by atoms with Gasteiger partial charge in [0, 0.05) is 58.9 Å². The third-order valence-corrected chi connectivity index (χ3v) is 10.9. The summed E-state index contributed by atoms with van der Waals surface area (Å²) in [6, 6.07) is 60.7. The van der Waals surface area contributed by atoms with E-state index >= 15 is 0 Å². The first kappa shape index (κ1) is 38.5. The van der Waals surface area contributed by atoms with Gasteiger partial charge in [-0.05, 0) is 41.8 Å². The van der Waals surface area contributed by atoms with Crippen LogP contribution in [-0.2, 0) is 42.1 Å². The Bertz CT molecular complexity index is 3420. The molecule has 11 aromatic rings. The molecule has 11 heteroatoms. The summed E-state index contributed by atoms with van der Waals surface area (Å²) in [4.78, 5) is 18.7. The van der Waals surface area contributed by atoms with Gasteiger partial charge >= 0.3 is 42.1 Å². The van der Waals surface area contributed by atoms with Crippen molar-refractivity contribution in [2.75, 3.05) is 0 Å². The number of nitrogens with zero attached hydrogens (tertiary/aromatic N) is 6. The molecule has 0 N–H and O–H groups in total. The van der Waals surface area contributed by atoms with Crippen molar-refractivity contribution in [1.29, 1.82) is 0 Å². The number of pyridine rings is 2. The van der Waals surface area contributed by atoms with Crippen LogP contribution in [0.5, 0.6) is 23.0 Å². The zero-order valence-corrected chi connectivity index (χ0v) is 36.3. The van der Waals surface area contributed by atoms with Crippen molar-refractivity contribution in [3.8, 4) is 45.9 Å². The molecule has 61 heavy (non-hydrogen) atoms. The monoisotopic (exact) mass is 1140 g/mol. The molecule has 0 aliphatic carbocycles. The number of aromatic nitrogens is 6. The number of hydrogen-bond donors (Lipinski definition) is 0. The zero-order valence-electron chi connectivity index (χ0n) is 31.8. The smallest absolute Gasteiger partial charge is 0.509 e. The maximum Gasteiger partial charge on any atom is 2.00 e. The largest absolute Gasteiger partial charge is 2.00 e. The van der Waals surface area contributed by atoms with E-state index in [2.05, 4.69) is 98.4 Å². The molecule has 0 radical (unpaired) electrons. The van der Waals surface area contributed by atoms with Gasteiger partial charge in [-0.15, -0.1) is 59.5 Å². The Balaban J connectivity index is 0.00000223. The number of hydrogen-bond acceptors (Lipinski definition) is 6. The Kier molecular flexibility index (Phi) is 9.95. The molecule has 0 unspecified atom stereocenters. The molecule has 6 heterocycles. The summed E-state index contributed by atoms with van der Waals surface area (Å²) >= 11 is 0. The van der Waals surface area contributed by atoms with Gasteiger partial charge in [0.1, 0.15) is 5.82 Å². The van der Waals surface area contributed by atoms with Crippen LogP contribution >= 0.6 is 0 Å². The van der Waals surface area contributed by atoms with Gasteiger partial charge in [-0.2, -0.15) is 40.5 Å². The zero-order chi connectivity index (χ0) is 38.9. The predicted octanol–water partition coefficient (Wildman–Crippen LogP) is 8.74. The second kappa shape index (κ2) is 15.7. The third-order valence-electron chi connectivity index (χ3n) is 10.9. The van der Waals surface area contributed by atoms with Crippen molar-refractivity contribution in [1.82, 2.24) is 29.1 Å². The van der Waals surface area contributed by atoms with Gasteiger partial charge in [0.15, 0.2) is 0 Å². The standard InChI is InChI=1S/C50H27BN6O2.2Pt/c1-3-12-42-36(10-1)37-20-16-32(28-43(37)51(42)48-14-5-7-24-52-48)58-34-18-22-40-41-23-19-35(31-47(41)57(46(40)30-34)50-54-26-9-27-55-50)59-33-17-21-39-38-11-2-4-13-44(38)56(45(39)29-33)49-15-6-8-25-53-49;;/h1-27H;;/q-4;2*+2. The summed E-state index contributed by atoms with van der Waals surface area (Å²) in [7, 11) is 0. The summed E-state index contributed by atoms with van der Waals surface area (Å²) < 4.78 is 17.1. The topological polar surface area (TPSA) is 79.9 Å². The minimum Gasteiger partial charge on any atom is -0.509 e. The van der Waals surface area contributed by atoms with Crippen LogP contribution < -0.4 is 26.0 Å². The van der Waals surface area contributed by atoms with Crippen molar-refractivity contribution in [2.45, 2.75) is 0 Å². The Morgan fingerprint density at radius 2 is 0.984 bits per heavy atom. The van der Waals surface area contributed by atoms with E-state index in [1.54, 1.807) is 24.7 Å². The average molecular weight is 1140 g/mol. The van der Waals surface area contributed by atoms with E-state index < -0.39 is 0 Å². The normalized spacial score (nSPS) is 11.6. The maximum atomic E-state index is 6.55. The molecule has 292 valence electrons. The SMILES string of the molecule is [Pt+2].[Pt+2].[c-]1c(Oc2[c-]c3c(cc2)c2ccc(Oc4[c-]c5c(cc4)c4ccccc4n5-c4ccccn4)[c-]c2n3-c2ncccn2)ccc2c1B(c1ccccn1)c1ccccc1-2. The van der Waals surface area contributed by atoms with Crippen molar-refractivity contribution >= 4 is 66.8 Å². The number of para-hydroxylation sites is 1. The average Bonchev–Trinajstić information content (AvgIpc) is 3.92. The summed E-state index contributed by atoms with van der Waals surface area (Å²) in [5, 5.41) is 4.06. The molecule has 0 amide bonds. The quantitative estimate of drug-likeness (QED) is 0.118. The van der Waals surface area contributed by atoms with Crippen molar-refractivity contribution < 1.29 is 51.6 Å². The third kappa shape index (κ3) is 6.48. The molecule has 1 aliphatic rings. The van der Waals surface area contributed by atoms with Crippen LogP contribution in [0.2, 0.25) is 0 Å². The van der Waals surface area contributed by atoms with Crippen molar-refractivity contribution in [3.63, 3.8) is 0 Å². The van der Waals surface area contributed by atoms with Gasteiger partial charge in [0.05, 0.1) is 0 Å². The van der Waals surface area contributed by atoms with Gasteiger partial charge < -0.3 is 18.6 Å². The predicted molar refractivity (Wildman–Crippen MR) is 231 cm³/mol. The minimum atomic E-state index is -0.0485. The van der Waals surface area contributed by atoms with Gasteiger partial charge in [0.2, 0.25) is 12.7 Å². The Labute approximate surface area is 379 Å². The summed E-state index contributed by atoms with van der Waals surface area (Å²) in [5.41, 5.74) is 8.92. The molecule has 5 aromatic heterocycles. The van der Waals surface area contributed by atoms with E-state index in [0.29, 0.717) is 28.9 Å². The minimum absolute atomic E-state index is 0. The molecule has 0 spiro atoms. The molecule has 8 nitrogen and oxygen atoms in total. The fourth-order valence-electron chi connectivity index (χ4n) is 8.46. The number of rotatable bonds is 7. The number of ether oxygens (including phenoxy) is 2. The molecule has 0 atom stereocenters. The van der Waals surface area contributed by atoms with Gasteiger partial charge in [-0.1, -0.05) is 82.2 Å². The first-order valence-corrected chi connectivity index (χ1v) is 19.2. The van der Waals surface area contributed by atoms with E-state index in [-0.39, 0.29) is 48.8 Å². The van der Waals surface area contributed by atoms with E-state index in [1.807, 2.05) is 89.6 Å². The van der Waals surface area contributed by atoms with Crippen LogP contribution in [-0.4, -0.2) is 35.8 Å². The molecule has 12 rings (SSSR count). The fraction of sp³-hybridized carbons (Fsp3) is 0. The second-order valence-electron chi connectivity index (χ2n) is 14.3. The van der Waals surface area contributed by atoms with Crippen LogP contribution in [0.4, 0.5) is 0 Å².